The first-order valence-electron chi connectivity index (χ1n) is 37.7. The van der Waals surface area contributed by atoms with Crippen molar-refractivity contribution in [2.45, 2.75) is 180 Å². The molecule has 2 fully saturated rings. The minimum absolute atomic E-state index is 0.0103. The van der Waals surface area contributed by atoms with Crippen LogP contribution in [0.15, 0.2) is 150 Å². The van der Waals surface area contributed by atoms with Gasteiger partial charge in [-0.1, -0.05) is 161 Å². The quantitative estimate of drug-likeness (QED) is 0.0590. The highest BCUT2D eigenvalue weighted by Gasteiger charge is 2.51. The Hall–Kier alpha value is -11.8. The number of ether oxygens (including phenoxy) is 2. The van der Waals surface area contributed by atoms with E-state index in [2.05, 4.69) is 73.3 Å². The van der Waals surface area contributed by atoms with Crippen LogP contribution in [-0.4, -0.2) is 190 Å². The summed E-state index contributed by atoms with van der Waals surface area (Å²) in [5.74, 6) is -5.38. The molecule has 594 valence electrons. The molecule has 8 bridgehead atoms. The molecule has 8 amide bonds. The first-order chi connectivity index (χ1) is 54.0. The summed E-state index contributed by atoms with van der Waals surface area (Å²) >= 11 is 5.34. The van der Waals surface area contributed by atoms with Gasteiger partial charge in [-0.25, -0.2) is 19.3 Å². The number of aromatic amines is 1. The zero-order valence-corrected chi connectivity index (χ0v) is 65.5. The zero-order chi connectivity index (χ0) is 80.6. The van der Waals surface area contributed by atoms with Gasteiger partial charge in [0.2, 0.25) is 47.3 Å². The van der Waals surface area contributed by atoms with Gasteiger partial charge in [0, 0.05) is 32.4 Å². The number of aliphatic carboxylic acids is 1. The van der Waals surface area contributed by atoms with Crippen LogP contribution in [0.2, 0.25) is 0 Å². The van der Waals surface area contributed by atoms with Crippen LogP contribution < -0.4 is 52.0 Å². The van der Waals surface area contributed by atoms with Crippen LogP contribution in [0, 0.1) is 15.7 Å². The fraction of sp³-hybridized carbons (Fsp3) is 0.420. The molecule has 15 rings (SSSR count). The van der Waals surface area contributed by atoms with Crippen LogP contribution in [0.25, 0.3) is 21.5 Å². The summed E-state index contributed by atoms with van der Waals surface area (Å²) in [6.45, 7) is 13.9. The lowest BCUT2D eigenvalue weighted by molar-refractivity contribution is -0.145. The number of aromatic nitrogens is 8. The molecule has 10 N–H and O–H groups in total. The summed E-state index contributed by atoms with van der Waals surface area (Å²) < 4.78 is 21.0. The van der Waals surface area contributed by atoms with Gasteiger partial charge in [0.15, 0.2) is 5.82 Å². The number of hydrogen-bond donors (Lipinski definition) is 10. The first kappa shape index (κ1) is 80.7. The molecular weight excluding hydrogens is 1470 g/mol. The van der Waals surface area contributed by atoms with E-state index >= 15 is 28.8 Å². The molecule has 31 nitrogen and oxygen atoms in total. The summed E-state index contributed by atoms with van der Waals surface area (Å²) in [6.07, 6.45) is 3.30. The van der Waals surface area contributed by atoms with E-state index in [0.717, 1.165) is 21.5 Å². The molecule has 0 aliphatic carbocycles. The van der Waals surface area contributed by atoms with Gasteiger partial charge >= 0.3 is 10.8 Å². The van der Waals surface area contributed by atoms with Gasteiger partial charge in [0.1, 0.15) is 78.4 Å². The van der Waals surface area contributed by atoms with Crippen molar-refractivity contribution < 1.29 is 62.3 Å². The maximum atomic E-state index is 15.8. The molecule has 9 aromatic rings. The monoisotopic (exact) mass is 1560 g/mol. The standard InChI is InChI=1S/C81H96N18O13S/c1-45(82-9)70(100)88-67(80(3,4)5)76(106)96-33-31-63-65(96)74(104)85-60(39-49-19-25-51-15-11-13-17-53(51)35-49)72(102)84-59(69-90-79(113)112-93-69)37-47-21-27-57(28-22-47)110-43-55-41-99(95-91-55)64-32-34-97(77(107)68(81(6,7)8)89-71(101)46(2)83-10)66(64)75(105)86-61(40-50-20-26-52-16-12-14-18-54(52)36-50)73(103)87-62(78(108)109)38-48-23-29-58(30-24-48)111-44-56-42-98(63)94-92-56/h11-30,35-36,41-42,45-46,59-68,82-83H,31-34,37-40,43-44H2,1-10H3,(H,84,102)(H,85,104)(H,86,105)(H,87,103)(H,88,100)(H,89,101)(H,108,109)(H,90,93,113)/t45-,46-,59-,60-,61-,62-,63+,64+,65-,66-,67+,68+/m0/s1. The molecule has 113 heavy (non-hydrogen) atoms. The number of likely N-dealkylation sites (tertiary alicyclic amines) is 2. The number of benzene rings is 6. The third kappa shape index (κ3) is 19.4. The number of carboxylic acids is 1. The average molecular weight is 1560 g/mol. The van der Waals surface area contributed by atoms with E-state index in [1.165, 1.54) is 19.2 Å². The zero-order valence-electron chi connectivity index (χ0n) is 64.6. The van der Waals surface area contributed by atoms with Crippen LogP contribution >= 0.6 is 12.2 Å². The van der Waals surface area contributed by atoms with Crippen LogP contribution in [-0.2, 0) is 82.0 Å². The smallest absolute Gasteiger partial charge is 0.326 e. The molecule has 9 heterocycles. The molecule has 3 aromatic heterocycles. The Kier molecular flexibility index (Phi) is 24.9. The normalized spacial score (nSPS) is 21.4. The van der Waals surface area contributed by atoms with E-state index in [1.807, 2.05) is 106 Å². The lowest BCUT2D eigenvalue weighted by Crippen LogP contribution is -2.61. The van der Waals surface area contributed by atoms with Gasteiger partial charge in [-0.05, 0) is 138 Å². The van der Waals surface area contributed by atoms with E-state index in [-0.39, 0.29) is 75.5 Å². The molecular formula is C81H96N18O13S. The summed E-state index contributed by atoms with van der Waals surface area (Å²) in [5.41, 5.74) is 1.41. The Morgan fingerprint density at radius 2 is 0.982 bits per heavy atom. The number of hydrogen-bond acceptors (Lipinski definition) is 20. The lowest BCUT2D eigenvalue weighted by atomic mass is 9.85. The first-order valence-corrected chi connectivity index (χ1v) is 38.2. The van der Waals surface area contributed by atoms with Crippen LogP contribution in [0.4, 0.5) is 0 Å². The van der Waals surface area contributed by atoms with Crippen molar-refractivity contribution in [3.05, 3.63) is 190 Å². The largest absolute Gasteiger partial charge is 0.487 e. The summed E-state index contributed by atoms with van der Waals surface area (Å²) in [6, 6.07) is 26.8. The second-order valence-corrected chi connectivity index (χ2v) is 31.6. The minimum atomic E-state index is -1.53. The molecule has 2 saturated heterocycles. The highest BCUT2D eigenvalue weighted by atomic mass is 32.1. The number of H-pyrrole nitrogens is 1. The van der Waals surface area contributed by atoms with E-state index in [1.54, 1.807) is 110 Å². The third-order valence-electron chi connectivity index (χ3n) is 21.1. The van der Waals surface area contributed by atoms with Crippen molar-refractivity contribution in [3.8, 4) is 11.5 Å². The summed E-state index contributed by atoms with van der Waals surface area (Å²) in [4.78, 5) is 140. The second-order valence-electron chi connectivity index (χ2n) is 31.3. The molecule has 6 aliphatic rings. The van der Waals surface area contributed by atoms with E-state index in [4.69, 9.17) is 26.2 Å². The van der Waals surface area contributed by atoms with Gasteiger partial charge in [0.05, 0.1) is 42.6 Å². The van der Waals surface area contributed by atoms with Crippen molar-refractivity contribution in [2.24, 2.45) is 10.8 Å². The number of nitrogens with zero attached hydrogens (tertiary/aromatic N) is 9. The molecule has 32 heteroatoms. The Bertz CT molecular complexity index is 5030. The number of nitrogens with one attached hydrogen (secondary N) is 9. The Morgan fingerprint density at radius 1 is 0.558 bits per heavy atom. The van der Waals surface area contributed by atoms with Crippen molar-refractivity contribution in [3.63, 3.8) is 0 Å². The number of amides is 8. The lowest BCUT2D eigenvalue weighted by Gasteiger charge is -2.37. The van der Waals surface area contributed by atoms with Gasteiger partial charge < -0.3 is 71.4 Å². The van der Waals surface area contributed by atoms with E-state index in [0.29, 0.717) is 45.1 Å². The summed E-state index contributed by atoms with van der Waals surface area (Å²) in [7, 11) is 3.25. The Labute approximate surface area is 657 Å². The topological polar surface area (TPSA) is 398 Å². The molecule has 0 spiro atoms. The predicted octanol–water partition coefficient (Wildman–Crippen LogP) is 5.62. The number of rotatable bonds is 14. The average Bonchev–Trinajstić information content (AvgIpc) is 1.65. The summed E-state index contributed by atoms with van der Waals surface area (Å²) in [5, 5.41) is 58.7. The second kappa shape index (κ2) is 34.9. The molecule has 6 aromatic carbocycles. The van der Waals surface area contributed by atoms with Crippen molar-refractivity contribution in [2.75, 3.05) is 27.2 Å². The molecule has 0 saturated carbocycles. The minimum Gasteiger partial charge on any atom is -0.487 e. The molecule has 0 radical (unpaired) electrons. The number of carbonyl (C=O) groups excluding carboxylic acids is 8. The van der Waals surface area contributed by atoms with Gasteiger partial charge in [0.25, 0.3) is 0 Å². The maximum absolute atomic E-state index is 15.8. The van der Waals surface area contributed by atoms with Crippen molar-refractivity contribution in [1.82, 2.24) is 92.5 Å². The van der Waals surface area contributed by atoms with Crippen LogP contribution in [0.3, 0.4) is 0 Å². The number of likely N-dealkylation sites (N-methyl/N-ethyl adjacent to an activating group) is 2. The SMILES string of the molecule is CN[C@@H](C)C(=O)N[C@H](C(=O)N1CC[C@@H]2[C@H]1C(=O)N[C@@H](Cc1ccc3ccccc3c1)C(=O)N[C@H](C(=O)O)Cc1ccc(cc1)OCc1cn(nn1)[C@@H]1CCN(C(=O)[C@@H](NC(=O)[C@H](C)NC)C(C)(C)C)[C@@H]1C(=O)N[C@@H](Cc1ccc3ccccc3c1)C(=O)N[C@H](c1nc(=S)o[nH]1)Cc1ccc(cc1)OCc1cn2nn1)C(C)(C)C. The predicted molar refractivity (Wildman–Crippen MR) is 418 cm³/mol. The third-order valence-corrected chi connectivity index (χ3v) is 21.2. The number of fused-ring (bicyclic) bond motifs is 2. The number of carboxylic acid groups (broad SMARTS) is 1. The molecule has 12 atom stereocenters. The maximum Gasteiger partial charge on any atom is 0.326 e. The van der Waals surface area contributed by atoms with E-state index in [9.17, 15) is 19.5 Å². The highest BCUT2D eigenvalue weighted by Crippen LogP contribution is 2.36. The van der Waals surface area contributed by atoms with Crippen LogP contribution in [0.5, 0.6) is 11.5 Å². The van der Waals surface area contributed by atoms with Gasteiger partial charge in [-0.15, -0.1) is 10.2 Å². The number of carbonyl (C=O) groups is 9. The Morgan fingerprint density at radius 3 is 1.39 bits per heavy atom. The van der Waals surface area contributed by atoms with Crippen LogP contribution in [0.1, 0.15) is 126 Å². The molecule has 6 aliphatic heterocycles. The van der Waals surface area contributed by atoms with Gasteiger partial charge in [-0.3, -0.25) is 38.4 Å². The van der Waals surface area contributed by atoms with E-state index < -0.39 is 137 Å². The van der Waals surface area contributed by atoms with Gasteiger partial charge in [-0.2, -0.15) is 4.98 Å². The van der Waals surface area contributed by atoms with Crippen molar-refractivity contribution in [1.29, 1.82) is 0 Å². The Balaban J connectivity index is 0.901. The highest BCUT2D eigenvalue weighted by molar-refractivity contribution is 7.71. The fourth-order valence-electron chi connectivity index (χ4n) is 14.5. The fourth-order valence-corrected chi connectivity index (χ4v) is 14.6. The molecule has 0 unspecified atom stereocenters. The van der Waals surface area contributed by atoms with Crippen molar-refractivity contribution >= 4 is 87.0 Å².